The fourth-order valence-electron chi connectivity index (χ4n) is 1.17. The van der Waals surface area contributed by atoms with Gasteiger partial charge in [-0.1, -0.05) is 16.8 Å². The van der Waals surface area contributed by atoms with Crippen LogP contribution in [-0.4, -0.2) is 10.1 Å². The molecule has 1 aromatic carbocycles. The van der Waals surface area contributed by atoms with Gasteiger partial charge in [-0.15, -0.1) is 0 Å². The average Bonchev–Trinajstić information content (AvgIpc) is 2.71. The maximum absolute atomic E-state index is 5.89. The number of benzene rings is 1. The van der Waals surface area contributed by atoms with Crippen molar-refractivity contribution in [1.82, 2.24) is 10.1 Å². The van der Waals surface area contributed by atoms with Crippen LogP contribution in [0.2, 0.25) is 5.02 Å². The van der Waals surface area contributed by atoms with Crippen LogP contribution in [0.1, 0.15) is 18.9 Å². The molecule has 6 heteroatoms. The molecule has 0 saturated heterocycles. The monoisotopic (exact) mass is 301 g/mol. The molecule has 0 aliphatic rings. The number of hydrogen-bond donors (Lipinski definition) is 1. The number of rotatable bonds is 2. The van der Waals surface area contributed by atoms with Crippen LogP contribution in [0, 0.1) is 0 Å². The van der Waals surface area contributed by atoms with E-state index in [-0.39, 0.29) is 6.04 Å². The van der Waals surface area contributed by atoms with Crippen LogP contribution in [0.25, 0.3) is 11.4 Å². The van der Waals surface area contributed by atoms with Crippen molar-refractivity contribution >= 4 is 27.5 Å². The fraction of sp³-hybridized carbons (Fsp3) is 0.200. The highest BCUT2D eigenvalue weighted by Gasteiger charge is 2.12. The van der Waals surface area contributed by atoms with Gasteiger partial charge in [0.05, 0.1) is 11.1 Å². The molecule has 0 fully saturated rings. The fourth-order valence-corrected chi connectivity index (χ4v) is 1.67. The summed E-state index contributed by atoms with van der Waals surface area (Å²) in [4.78, 5) is 4.18. The molecule has 16 heavy (non-hydrogen) atoms. The van der Waals surface area contributed by atoms with E-state index in [1.165, 1.54) is 0 Å². The van der Waals surface area contributed by atoms with E-state index in [9.17, 15) is 0 Å². The Bertz CT molecular complexity index is 513. The molecule has 4 nitrogen and oxygen atoms in total. The summed E-state index contributed by atoms with van der Waals surface area (Å²) in [5, 5.41) is 4.49. The number of aromatic nitrogens is 2. The zero-order valence-corrected chi connectivity index (χ0v) is 10.8. The summed E-state index contributed by atoms with van der Waals surface area (Å²) in [6.07, 6.45) is 0. The highest BCUT2D eigenvalue weighted by Crippen LogP contribution is 2.27. The normalized spacial score (nSPS) is 12.8. The Labute approximate surface area is 106 Å². The van der Waals surface area contributed by atoms with Crippen molar-refractivity contribution in [2.24, 2.45) is 5.73 Å². The summed E-state index contributed by atoms with van der Waals surface area (Å²) < 4.78 is 5.81. The van der Waals surface area contributed by atoms with Gasteiger partial charge in [-0.05, 0) is 41.1 Å². The highest BCUT2D eigenvalue weighted by atomic mass is 79.9. The molecule has 1 heterocycles. The second-order valence-electron chi connectivity index (χ2n) is 3.37. The number of nitrogens with zero attached hydrogens (tertiary/aromatic N) is 2. The summed E-state index contributed by atoms with van der Waals surface area (Å²) in [5.74, 6) is 0.922. The van der Waals surface area contributed by atoms with Crippen LogP contribution in [0.5, 0.6) is 0 Å². The maximum atomic E-state index is 5.89. The lowest BCUT2D eigenvalue weighted by Gasteiger charge is -1.98. The molecule has 2 rings (SSSR count). The molecule has 0 unspecified atom stereocenters. The molecule has 0 aliphatic heterocycles. The van der Waals surface area contributed by atoms with Gasteiger partial charge in [-0.25, -0.2) is 0 Å². The molecular weight excluding hydrogens is 293 g/mol. The molecule has 0 saturated carbocycles. The minimum absolute atomic E-state index is 0.267. The van der Waals surface area contributed by atoms with Gasteiger partial charge < -0.3 is 10.3 Å². The molecule has 2 aromatic rings. The van der Waals surface area contributed by atoms with E-state index in [0.29, 0.717) is 16.7 Å². The zero-order chi connectivity index (χ0) is 11.7. The first-order valence-electron chi connectivity index (χ1n) is 4.62. The number of nitrogens with two attached hydrogens (primary N) is 1. The van der Waals surface area contributed by atoms with Crippen LogP contribution < -0.4 is 5.73 Å². The largest absolute Gasteiger partial charge is 0.337 e. The third-order valence-corrected chi connectivity index (χ3v) is 3.22. The van der Waals surface area contributed by atoms with Crippen molar-refractivity contribution < 1.29 is 4.52 Å². The summed E-state index contributed by atoms with van der Waals surface area (Å²) >= 11 is 9.23. The van der Waals surface area contributed by atoms with Gasteiger partial charge in [0.1, 0.15) is 0 Å². The van der Waals surface area contributed by atoms with Crippen molar-refractivity contribution in [3.63, 3.8) is 0 Å². The van der Waals surface area contributed by atoms with E-state index in [2.05, 4.69) is 26.1 Å². The second-order valence-corrected chi connectivity index (χ2v) is 4.64. The topological polar surface area (TPSA) is 64.9 Å². The number of hydrogen-bond acceptors (Lipinski definition) is 4. The zero-order valence-electron chi connectivity index (χ0n) is 8.45. The molecule has 84 valence electrons. The Hall–Kier alpha value is -0.910. The second kappa shape index (κ2) is 4.53. The minimum Gasteiger partial charge on any atom is -0.337 e. The lowest BCUT2D eigenvalue weighted by Crippen LogP contribution is -2.04. The van der Waals surface area contributed by atoms with Gasteiger partial charge in [0.2, 0.25) is 11.7 Å². The van der Waals surface area contributed by atoms with Crippen LogP contribution in [0.15, 0.2) is 27.2 Å². The van der Waals surface area contributed by atoms with Crippen molar-refractivity contribution in [3.8, 4) is 11.4 Å². The molecule has 0 spiro atoms. The van der Waals surface area contributed by atoms with E-state index in [1.807, 2.05) is 12.1 Å². The lowest BCUT2D eigenvalue weighted by atomic mass is 10.2. The van der Waals surface area contributed by atoms with E-state index in [4.69, 9.17) is 21.9 Å². The quantitative estimate of drug-likeness (QED) is 0.925. The molecule has 1 atom stereocenters. The smallest absolute Gasteiger partial charge is 0.243 e. The molecule has 0 bridgehead atoms. The van der Waals surface area contributed by atoms with Crippen LogP contribution in [0.3, 0.4) is 0 Å². The Balaban J connectivity index is 2.39. The van der Waals surface area contributed by atoms with Crippen LogP contribution >= 0.6 is 27.5 Å². The van der Waals surface area contributed by atoms with Gasteiger partial charge in [-0.2, -0.15) is 4.98 Å². The van der Waals surface area contributed by atoms with E-state index in [1.54, 1.807) is 13.0 Å². The van der Waals surface area contributed by atoms with E-state index in [0.717, 1.165) is 10.0 Å². The average molecular weight is 303 g/mol. The summed E-state index contributed by atoms with van der Waals surface area (Å²) in [7, 11) is 0. The van der Waals surface area contributed by atoms with Crippen molar-refractivity contribution in [2.45, 2.75) is 13.0 Å². The molecule has 0 radical (unpaired) electrons. The van der Waals surface area contributed by atoms with Gasteiger partial charge in [0.15, 0.2) is 0 Å². The molecule has 0 amide bonds. The third-order valence-electron chi connectivity index (χ3n) is 2.01. The van der Waals surface area contributed by atoms with Crippen molar-refractivity contribution in [3.05, 3.63) is 33.6 Å². The summed E-state index contributed by atoms with van der Waals surface area (Å²) in [5.41, 5.74) is 6.46. The third kappa shape index (κ3) is 2.26. The standard InChI is InChI=1S/C10H9BrClN3O/c1-5(13)10-14-9(15-16-10)6-2-3-8(12)7(11)4-6/h2-5H,13H2,1H3/t5-/m0/s1. The van der Waals surface area contributed by atoms with Crippen LogP contribution in [-0.2, 0) is 0 Å². The molecule has 0 aliphatic carbocycles. The first-order valence-corrected chi connectivity index (χ1v) is 5.79. The Morgan fingerprint density at radius 3 is 2.81 bits per heavy atom. The molecule has 1 aromatic heterocycles. The number of halogens is 2. The Kier molecular flexibility index (Phi) is 3.28. The van der Waals surface area contributed by atoms with Gasteiger partial charge in [0, 0.05) is 10.0 Å². The first-order chi connectivity index (χ1) is 7.58. The lowest BCUT2D eigenvalue weighted by molar-refractivity contribution is 0.362. The predicted molar refractivity (Wildman–Crippen MR) is 65.0 cm³/mol. The van der Waals surface area contributed by atoms with Crippen molar-refractivity contribution in [2.75, 3.05) is 0 Å². The Morgan fingerprint density at radius 2 is 2.25 bits per heavy atom. The van der Waals surface area contributed by atoms with Gasteiger partial charge >= 0.3 is 0 Å². The molecular formula is C10H9BrClN3O. The van der Waals surface area contributed by atoms with Gasteiger partial charge in [-0.3, -0.25) is 0 Å². The van der Waals surface area contributed by atoms with E-state index < -0.39 is 0 Å². The minimum atomic E-state index is -0.267. The SMILES string of the molecule is C[C@H](N)c1nc(-c2ccc(Cl)c(Br)c2)no1. The first kappa shape index (κ1) is 11.6. The van der Waals surface area contributed by atoms with Crippen molar-refractivity contribution in [1.29, 1.82) is 0 Å². The highest BCUT2D eigenvalue weighted by molar-refractivity contribution is 9.10. The maximum Gasteiger partial charge on any atom is 0.243 e. The Morgan fingerprint density at radius 1 is 1.50 bits per heavy atom. The molecule has 2 N–H and O–H groups in total. The van der Waals surface area contributed by atoms with Crippen LogP contribution in [0.4, 0.5) is 0 Å². The summed E-state index contributed by atoms with van der Waals surface area (Å²) in [6, 6.07) is 5.15. The predicted octanol–water partition coefficient (Wildman–Crippen LogP) is 3.17. The van der Waals surface area contributed by atoms with E-state index >= 15 is 0 Å². The van der Waals surface area contributed by atoms with Gasteiger partial charge in [0.25, 0.3) is 0 Å². The summed E-state index contributed by atoms with van der Waals surface area (Å²) in [6.45, 7) is 1.79.